The molecule has 2 heteroatoms. The van der Waals surface area contributed by atoms with Crippen LogP contribution in [0.1, 0.15) is 58.4 Å². The second kappa shape index (κ2) is 4.47. The number of nitrogens with zero attached hydrogens (tertiary/aromatic N) is 1. The van der Waals surface area contributed by atoms with Gasteiger partial charge in [-0.15, -0.1) is 0 Å². The van der Waals surface area contributed by atoms with E-state index in [1.54, 1.807) is 0 Å². The summed E-state index contributed by atoms with van der Waals surface area (Å²) >= 11 is 0. The molecule has 1 N–H and O–H groups in total. The summed E-state index contributed by atoms with van der Waals surface area (Å²) < 4.78 is 0. The predicted molar refractivity (Wildman–Crippen MR) is 85.5 cm³/mol. The third-order valence-electron chi connectivity index (χ3n) is 3.71. The molecular formula is C18H25NO. The van der Waals surface area contributed by atoms with Crippen LogP contribution < -0.4 is 0 Å². The van der Waals surface area contributed by atoms with Gasteiger partial charge in [0.05, 0.1) is 0 Å². The van der Waals surface area contributed by atoms with E-state index in [0.717, 1.165) is 22.2 Å². The third-order valence-corrected chi connectivity index (χ3v) is 3.71. The second-order valence-corrected chi connectivity index (χ2v) is 7.67. The molecule has 1 aromatic heterocycles. The summed E-state index contributed by atoms with van der Waals surface area (Å²) in [4.78, 5) is 4.57. The average molecular weight is 271 g/mol. The van der Waals surface area contributed by atoms with Crippen LogP contribution in [0.3, 0.4) is 0 Å². The molecule has 0 unspecified atom stereocenters. The Kier molecular flexibility index (Phi) is 3.32. The molecule has 2 rings (SSSR count). The summed E-state index contributed by atoms with van der Waals surface area (Å²) in [5.41, 5.74) is 3.77. The van der Waals surface area contributed by atoms with E-state index in [2.05, 4.69) is 58.7 Å². The summed E-state index contributed by atoms with van der Waals surface area (Å²) in [6.45, 7) is 14.9. The van der Waals surface area contributed by atoms with Crippen LogP contribution in [0.15, 0.2) is 18.2 Å². The van der Waals surface area contributed by atoms with Crippen molar-refractivity contribution in [1.29, 1.82) is 0 Å². The molecular weight excluding hydrogens is 246 g/mol. The van der Waals surface area contributed by atoms with Crippen LogP contribution in [0.4, 0.5) is 0 Å². The van der Waals surface area contributed by atoms with Crippen molar-refractivity contribution in [2.45, 2.75) is 59.3 Å². The largest absolute Gasteiger partial charge is 0.505 e. The van der Waals surface area contributed by atoms with Gasteiger partial charge in [-0.3, -0.25) is 0 Å². The zero-order valence-electron chi connectivity index (χ0n) is 13.6. The Morgan fingerprint density at radius 2 is 1.45 bits per heavy atom. The molecule has 0 bridgehead atoms. The topological polar surface area (TPSA) is 33.1 Å². The fourth-order valence-corrected chi connectivity index (χ4v) is 2.56. The van der Waals surface area contributed by atoms with Crippen molar-refractivity contribution < 1.29 is 5.11 Å². The summed E-state index contributed by atoms with van der Waals surface area (Å²) in [6, 6.07) is 6.23. The van der Waals surface area contributed by atoms with E-state index in [1.165, 1.54) is 5.56 Å². The second-order valence-electron chi connectivity index (χ2n) is 7.67. The highest BCUT2D eigenvalue weighted by molar-refractivity contribution is 5.90. The first-order valence-corrected chi connectivity index (χ1v) is 7.16. The number of aromatic nitrogens is 1. The van der Waals surface area contributed by atoms with Gasteiger partial charge in [0.2, 0.25) is 0 Å². The molecule has 0 spiro atoms. The standard InChI is InChI=1S/C18H25NO/c1-11-8-9-12-13(17(2,3)4)10-14(18(5,6)7)16(20)15(12)19-11/h8-10,20H,1-7H3. The molecule has 20 heavy (non-hydrogen) atoms. The molecule has 0 radical (unpaired) electrons. The molecule has 2 nitrogen and oxygen atoms in total. The maximum atomic E-state index is 10.6. The molecule has 0 fully saturated rings. The van der Waals surface area contributed by atoms with E-state index in [4.69, 9.17) is 0 Å². The molecule has 0 saturated carbocycles. The van der Waals surface area contributed by atoms with Crippen LogP contribution in [0.2, 0.25) is 0 Å². The average Bonchev–Trinajstić information content (AvgIpc) is 2.26. The lowest BCUT2D eigenvalue weighted by atomic mass is 9.78. The van der Waals surface area contributed by atoms with Gasteiger partial charge in [-0.1, -0.05) is 53.7 Å². The van der Waals surface area contributed by atoms with Crippen molar-refractivity contribution in [3.05, 3.63) is 35.0 Å². The quantitative estimate of drug-likeness (QED) is 0.743. The number of pyridine rings is 1. The van der Waals surface area contributed by atoms with Crippen molar-refractivity contribution in [3.8, 4) is 5.75 Å². The van der Waals surface area contributed by atoms with Crippen molar-refractivity contribution >= 4 is 10.9 Å². The predicted octanol–water partition coefficient (Wildman–Crippen LogP) is 4.84. The van der Waals surface area contributed by atoms with Gasteiger partial charge in [0.25, 0.3) is 0 Å². The maximum absolute atomic E-state index is 10.6. The number of fused-ring (bicyclic) bond motifs is 1. The van der Waals surface area contributed by atoms with Gasteiger partial charge in [-0.25, -0.2) is 4.98 Å². The Morgan fingerprint density at radius 3 is 1.95 bits per heavy atom. The first kappa shape index (κ1) is 14.8. The van der Waals surface area contributed by atoms with E-state index < -0.39 is 0 Å². The number of phenolic OH excluding ortho intramolecular Hbond substituents is 1. The Labute approximate surface area is 121 Å². The molecule has 0 aliphatic carbocycles. The normalized spacial score (nSPS) is 12.9. The fourth-order valence-electron chi connectivity index (χ4n) is 2.56. The van der Waals surface area contributed by atoms with Crippen molar-refractivity contribution in [2.75, 3.05) is 0 Å². The number of hydrogen-bond donors (Lipinski definition) is 1. The smallest absolute Gasteiger partial charge is 0.145 e. The zero-order chi connectivity index (χ0) is 15.3. The van der Waals surface area contributed by atoms with Crippen LogP contribution in [0.5, 0.6) is 5.75 Å². The van der Waals surface area contributed by atoms with Crippen molar-refractivity contribution in [1.82, 2.24) is 4.98 Å². The SMILES string of the molecule is Cc1ccc2c(C(C)(C)C)cc(C(C)(C)C)c(O)c2n1. The van der Waals surface area contributed by atoms with E-state index >= 15 is 0 Å². The van der Waals surface area contributed by atoms with Gasteiger partial charge in [-0.2, -0.15) is 0 Å². The Bertz CT molecular complexity index is 658. The first-order valence-electron chi connectivity index (χ1n) is 7.16. The van der Waals surface area contributed by atoms with Crippen LogP contribution in [0.25, 0.3) is 10.9 Å². The minimum atomic E-state index is -0.107. The van der Waals surface area contributed by atoms with Gasteiger partial charge in [0.15, 0.2) is 0 Å². The van der Waals surface area contributed by atoms with Crippen LogP contribution >= 0.6 is 0 Å². The van der Waals surface area contributed by atoms with E-state index in [-0.39, 0.29) is 10.8 Å². The number of hydrogen-bond acceptors (Lipinski definition) is 2. The molecule has 108 valence electrons. The maximum Gasteiger partial charge on any atom is 0.145 e. The summed E-state index contributed by atoms with van der Waals surface area (Å²) in [5.74, 6) is 0.323. The van der Waals surface area contributed by atoms with Gasteiger partial charge < -0.3 is 5.11 Å². The summed E-state index contributed by atoms with van der Waals surface area (Å²) in [7, 11) is 0. The highest BCUT2D eigenvalue weighted by Crippen LogP contribution is 2.41. The van der Waals surface area contributed by atoms with Crippen LogP contribution in [0, 0.1) is 6.92 Å². The highest BCUT2D eigenvalue weighted by atomic mass is 16.3. The lowest BCUT2D eigenvalue weighted by molar-refractivity contribution is 0.450. The number of aryl methyl sites for hydroxylation is 1. The number of rotatable bonds is 0. The van der Waals surface area contributed by atoms with Gasteiger partial charge in [-0.05, 0) is 29.4 Å². The molecule has 2 aromatic rings. The summed E-state index contributed by atoms with van der Waals surface area (Å²) in [5, 5.41) is 11.7. The number of benzene rings is 1. The van der Waals surface area contributed by atoms with Crippen molar-refractivity contribution in [3.63, 3.8) is 0 Å². The molecule has 1 heterocycles. The first-order chi connectivity index (χ1) is 9.01. The Hall–Kier alpha value is -1.57. The van der Waals surface area contributed by atoms with Crippen LogP contribution in [-0.4, -0.2) is 10.1 Å². The van der Waals surface area contributed by atoms with Gasteiger partial charge in [0, 0.05) is 16.6 Å². The Balaban J connectivity index is 2.96. The molecule has 0 saturated heterocycles. The van der Waals surface area contributed by atoms with E-state index in [0.29, 0.717) is 5.75 Å². The number of aromatic hydroxyl groups is 1. The molecule has 1 aromatic carbocycles. The lowest BCUT2D eigenvalue weighted by Crippen LogP contribution is -2.17. The monoisotopic (exact) mass is 271 g/mol. The summed E-state index contributed by atoms with van der Waals surface area (Å²) in [6.07, 6.45) is 0. The van der Waals surface area contributed by atoms with E-state index in [9.17, 15) is 5.11 Å². The van der Waals surface area contributed by atoms with E-state index in [1.807, 2.05) is 13.0 Å². The minimum Gasteiger partial charge on any atom is -0.505 e. The van der Waals surface area contributed by atoms with Gasteiger partial charge in [0.1, 0.15) is 11.3 Å². The zero-order valence-corrected chi connectivity index (χ0v) is 13.6. The van der Waals surface area contributed by atoms with Crippen molar-refractivity contribution in [2.24, 2.45) is 0 Å². The Morgan fingerprint density at radius 1 is 0.900 bits per heavy atom. The fraction of sp³-hybridized carbons (Fsp3) is 0.500. The highest BCUT2D eigenvalue weighted by Gasteiger charge is 2.26. The third kappa shape index (κ3) is 2.52. The van der Waals surface area contributed by atoms with Gasteiger partial charge >= 0.3 is 0 Å². The molecule has 0 amide bonds. The molecule has 0 aliphatic rings. The number of phenols is 1. The molecule has 0 aliphatic heterocycles. The molecule has 0 atom stereocenters. The minimum absolute atomic E-state index is 0.0168. The lowest BCUT2D eigenvalue weighted by Gasteiger charge is -2.27. The van der Waals surface area contributed by atoms with Crippen LogP contribution in [-0.2, 0) is 10.8 Å².